The summed E-state index contributed by atoms with van der Waals surface area (Å²) in [6.07, 6.45) is 0. The molecular formula is C4H4Cl2O2. The van der Waals surface area contributed by atoms with Crippen LogP contribution in [-0.2, 0) is 9.59 Å². The van der Waals surface area contributed by atoms with Crippen molar-refractivity contribution < 1.29 is 9.59 Å². The van der Waals surface area contributed by atoms with Gasteiger partial charge in [-0.1, -0.05) is 0 Å². The highest BCUT2D eigenvalue weighted by Gasteiger charge is 2.16. The summed E-state index contributed by atoms with van der Waals surface area (Å²) in [4.78, 5) is 20.1. The molecule has 0 N–H and O–H groups in total. The van der Waals surface area contributed by atoms with Crippen molar-refractivity contribution in [1.29, 1.82) is 0 Å². The van der Waals surface area contributed by atoms with Gasteiger partial charge in [0.2, 0.25) is 5.24 Å². The fourth-order valence-electron chi connectivity index (χ4n) is 0.160. The number of rotatable bonds is 2. The molecule has 4 heteroatoms. The van der Waals surface area contributed by atoms with Crippen LogP contribution in [0.4, 0.5) is 0 Å². The molecule has 0 aliphatic carbocycles. The highest BCUT2D eigenvalue weighted by Crippen LogP contribution is 2.00. The van der Waals surface area contributed by atoms with Crippen LogP contribution in [0.5, 0.6) is 0 Å². The first-order valence-electron chi connectivity index (χ1n) is 1.89. The van der Waals surface area contributed by atoms with Gasteiger partial charge in [-0.2, -0.15) is 0 Å². The lowest BCUT2D eigenvalue weighted by Gasteiger charge is -1.93. The Morgan fingerprint density at radius 3 is 1.88 bits per heavy atom. The zero-order valence-electron chi connectivity index (χ0n) is 4.15. The van der Waals surface area contributed by atoms with Crippen LogP contribution in [0, 0.1) is 0 Å². The summed E-state index contributed by atoms with van der Waals surface area (Å²) in [6, 6.07) is 0. The van der Waals surface area contributed by atoms with Crippen LogP contribution >= 0.6 is 23.2 Å². The number of alkyl halides is 1. The van der Waals surface area contributed by atoms with Crippen molar-refractivity contribution in [1.82, 2.24) is 0 Å². The largest absolute Gasteiger partial charge is 0.298 e. The van der Waals surface area contributed by atoms with E-state index in [0.717, 1.165) is 0 Å². The molecule has 0 spiro atoms. The van der Waals surface area contributed by atoms with E-state index in [-0.39, 0.29) is 0 Å². The second-order valence-electron chi connectivity index (χ2n) is 1.28. The monoisotopic (exact) mass is 154 g/mol. The average molecular weight is 155 g/mol. The van der Waals surface area contributed by atoms with Gasteiger partial charge in [0.15, 0.2) is 11.2 Å². The van der Waals surface area contributed by atoms with Crippen molar-refractivity contribution >= 4 is 34.2 Å². The summed E-state index contributed by atoms with van der Waals surface area (Å²) in [5.74, 6) is -0.424. The van der Waals surface area contributed by atoms with E-state index in [9.17, 15) is 9.59 Å². The molecule has 0 aromatic heterocycles. The normalized spacial score (nSPS) is 12.9. The zero-order chi connectivity index (χ0) is 6.73. The van der Waals surface area contributed by atoms with E-state index in [2.05, 4.69) is 0 Å². The van der Waals surface area contributed by atoms with Gasteiger partial charge in [-0.05, 0) is 18.5 Å². The van der Waals surface area contributed by atoms with Gasteiger partial charge in [0.1, 0.15) is 0 Å². The van der Waals surface area contributed by atoms with Crippen molar-refractivity contribution in [2.45, 2.75) is 12.3 Å². The molecule has 0 aromatic rings. The summed E-state index contributed by atoms with van der Waals surface area (Å²) in [5, 5.41) is -1.99. The van der Waals surface area contributed by atoms with E-state index >= 15 is 0 Å². The average Bonchev–Trinajstić information content (AvgIpc) is 1.64. The summed E-state index contributed by atoms with van der Waals surface area (Å²) in [5.41, 5.74) is 0. The number of hydrogen-bond donors (Lipinski definition) is 0. The summed E-state index contributed by atoms with van der Waals surface area (Å²) in [6.45, 7) is 1.21. The Morgan fingerprint density at radius 2 is 1.88 bits per heavy atom. The molecule has 0 aromatic carbocycles. The van der Waals surface area contributed by atoms with Gasteiger partial charge in [0.05, 0.1) is 0 Å². The number of hydrogen-bond acceptors (Lipinski definition) is 2. The minimum Gasteiger partial charge on any atom is -0.298 e. The molecular weight excluding hydrogens is 151 g/mol. The van der Waals surface area contributed by atoms with Crippen LogP contribution in [0.3, 0.4) is 0 Å². The fourth-order valence-corrected chi connectivity index (χ4v) is 0.313. The number of halogens is 2. The third-order valence-electron chi connectivity index (χ3n) is 0.556. The summed E-state index contributed by atoms with van der Waals surface area (Å²) in [7, 11) is 0. The molecule has 0 fully saturated rings. The number of ketones is 1. The summed E-state index contributed by atoms with van der Waals surface area (Å²) < 4.78 is 0. The third kappa shape index (κ3) is 2.28. The molecule has 46 valence electrons. The summed E-state index contributed by atoms with van der Waals surface area (Å²) >= 11 is 9.95. The van der Waals surface area contributed by atoms with E-state index in [1.165, 1.54) is 6.92 Å². The molecule has 0 aliphatic rings. The van der Waals surface area contributed by atoms with E-state index in [4.69, 9.17) is 23.2 Å². The van der Waals surface area contributed by atoms with Gasteiger partial charge in [0, 0.05) is 0 Å². The Bertz CT molecular complexity index is 107. The van der Waals surface area contributed by atoms with Crippen molar-refractivity contribution in [3.05, 3.63) is 0 Å². The lowest BCUT2D eigenvalue weighted by molar-refractivity contribution is -0.121. The Morgan fingerprint density at radius 1 is 1.50 bits per heavy atom. The molecule has 0 rings (SSSR count). The van der Waals surface area contributed by atoms with Crippen molar-refractivity contribution in [2.75, 3.05) is 0 Å². The van der Waals surface area contributed by atoms with E-state index in [0.29, 0.717) is 0 Å². The van der Waals surface area contributed by atoms with Crippen LogP contribution in [0.2, 0.25) is 0 Å². The van der Waals surface area contributed by atoms with Gasteiger partial charge < -0.3 is 0 Å². The highest BCUT2D eigenvalue weighted by atomic mass is 35.5. The molecule has 0 bridgehead atoms. The SMILES string of the molecule is CC(=O)C(Cl)C(=O)Cl. The van der Waals surface area contributed by atoms with E-state index in [1.807, 2.05) is 0 Å². The first-order chi connectivity index (χ1) is 3.55. The Balaban J connectivity index is 3.83. The first kappa shape index (κ1) is 7.92. The van der Waals surface area contributed by atoms with Crippen LogP contribution in [0.25, 0.3) is 0 Å². The molecule has 1 atom stereocenters. The minimum absolute atomic E-state index is 0.424. The van der Waals surface area contributed by atoms with Crippen molar-refractivity contribution in [3.8, 4) is 0 Å². The highest BCUT2D eigenvalue weighted by molar-refractivity contribution is 6.72. The Hall–Kier alpha value is -0.0800. The van der Waals surface area contributed by atoms with Crippen LogP contribution in [0.1, 0.15) is 6.92 Å². The van der Waals surface area contributed by atoms with Crippen molar-refractivity contribution in [2.24, 2.45) is 0 Å². The predicted molar refractivity (Wildman–Crippen MR) is 31.2 cm³/mol. The van der Waals surface area contributed by atoms with E-state index in [1.54, 1.807) is 0 Å². The maximum absolute atomic E-state index is 10.1. The zero-order valence-corrected chi connectivity index (χ0v) is 5.66. The second kappa shape index (κ2) is 3.05. The van der Waals surface area contributed by atoms with Gasteiger partial charge in [0.25, 0.3) is 0 Å². The molecule has 0 saturated heterocycles. The standard InChI is InChI=1S/C4H4Cl2O2/c1-2(7)3(5)4(6)8/h3H,1H3. The molecule has 0 saturated carbocycles. The van der Waals surface area contributed by atoms with Gasteiger partial charge in [-0.25, -0.2) is 0 Å². The number of carbonyl (C=O) groups is 2. The molecule has 2 nitrogen and oxygen atoms in total. The maximum Gasteiger partial charge on any atom is 0.247 e. The minimum atomic E-state index is -1.17. The van der Waals surface area contributed by atoms with Gasteiger partial charge in [-0.15, -0.1) is 11.6 Å². The lowest BCUT2D eigenvalue weighted by Crippen LogP contribution is -2.16. The van der Waals surface area contributed by atoms with Gasteiger partial charge >= 0.3 is 0 Å². The van der Waals surface area contributed by atoms with E-state index < -0.39 is 16.4 Å². The fraction of sp³-hybridized carbons (Fsp3) is 0.500. The number of Topliss-reactive ketones (excluding diaryl/α,β-unsaturated/α-hetero) is 1. The molecule has 0 aliphatic heterocycles. The Labute approximate surface area is 56.8 Å². The smallest absolute Gasteiger partial charge is 0.247 e. The van der Waals surface area contributed by atoms with Crippen molar-refractivity contribution in [3.63, 3.8) is 0 Å². The first-order valence-corrected chi connectivity index (χ1v) is 2.71. The molecule has 0 heterocycles. The third-order valence-corrected chi connectivity index (χ3v) is 1.39. The second-order valence-corrected chi connectivity index (χ2v) is 2.09. The topological polar surface area (TPSA) is 34.1 Å². The van der Waals surface area contributed by atoms with Crippen LogP contribution < -0.4 is 0 Å². The predicted octanol–water partition coefficient (Wildman–Crippen LogP) is 0.948. The maximum atomic E-state index is 10.1. The lowest BCUT2D eigenvalue weighted by atomic mass is 10.3. The molecule has 0 amide bonds. The number of carbonyl (C=O) groups excluding carboxylic acids is 2. The molecule has 1 unspecified atom stereocenters. The van der Waals surface area contributed by atoms with Crippen LogP contribution in [-0.4, -0.2) is 16.4 Å². The van der Waals surface area contributed by atoms with Crippen LogP contribution in [0.15, 0.2) is 0 Å². The Kier molecular flexibility index (Phi) is 3.02. The molecule has 0 radical (unpaired) electrons. The quantitative estimate of drug-likeness (QED) is 0.338. The molecule has 8 heavy (non-hydrogen) atoms. The van der Waals surface area contributed by atoms with Gasteiger partial charge in [-0.3, -0.25) is 9.59 Å².